The summed E-state index contributed by atoms with van der Waals surface area (Å²) >= 11 is 0. The Morgan fingerprint density at radius 3 is 2.33 bits per heavy atom. The molecule has 0 aromatic carbocycles. The molecule has 1 aromatic rings. The maximum absolute atomic E-state index is 10.2. The van der Waals surface area contributed by atoms with Crippen LogP contribution in [0.3, 0.4) is 0 Å². The van der Waals surface area contributed by atoms with Crippen LogP contribution in [0, 0.1) is 16.6 Å². The first-order valence-electron chi connectivity index (χ1n) is 4.12. The van der Waals surface area contributed by atoms with Crippen molar-refractivity contribution in [3.05, 3.63) is 16.5 Å². The minimum Gasteiger partial charge on any atom is -0.384 e. The third kappa shape index (κ3) is 13.7. The first kappa shape index (κ1) is 21.0. The second-order valence-electron chi connectivity index (χ2n) is 2.47. The minimum atomic E-state index is -0.537. The summed E-state index contributed by atoms with van der Waals surface area (Å²) in [5, 5.41) is 20.5. The van der Waals surface area contributed by atoms with Gasteiger partial charge in [0.2, 0.25) is 0 Å². The number of nitrogens with two attached hydrogens (primary N) is 1. The molecule has 10 heteroatoms. The summed E-state index contributed by atoms with van der Waals surface area (Å²) in [7, 11) is 5.22. The molecule has 1 rings (SSSR count). The average Bonchev–Trinajstić information content (AvgIpc) is 2.45. The largest absolute Gasteiger partial charge is 0.384 e. The van der Waals surface area contributed by atoms with E-state index in [1.54, 1.807) is 6.07 Å². The Bertz CT molecular complexity index is 426. The van der Waals surface area contributed by atoms with E-state index in [-0.39, 0.29) is 32.7 Å². The fraction of sp³-hybridized carbons (Fsp3) is 0.375. The number of hydrogen-bond donors (Lipinski definition) is 3. The molecule has 0 unspecified atom stereocenters. The molecular formula is C8H14B2N4O4. The van der Waals surface area contributed by atoms with Gasteiger partial charge in [0.25, 0.3) is 7.98 Å². The van der Waals surface area contributed by atoms with Gasteiger partial charge in [-0.2, -0.15) is 5.26 Å². The molecule has 0 saturated carbocycles. The summed E-state index contributed by atoms with van der Waals surface area (Å²) < 4.78 is 4.94. The molecule has 0 spiro atoms. The van der Waals surface area contributed by atoms with Crippen LogP contribution in [0.1, 0.15) is 20.8 Å². The van der Waals surface area contributed by atoms with Crippen molar-refractivity contribution in [2.45, 2.75) is 20.8 Å². The standard InChI is InChI=1S/C4H5NO.C3H3BN2O2.CH4.BH2NO/c1-4(6)2-3-5;4-6-2(5)1-3(7)8-6;;2-1-3/h2H2,1H3;1H,5H2;1H4;2-3H. The quantitative estimate of drug-likeness (QED) is 0.570. The molecule has 0 bridgehead atoms. The van der Waals surface area contributed by atoms with Gasteiger partial charge in [0, 0.05) is 0 Å². The number of nitrogens with one attached hydrogen (secondary N) is 1. The molecule has 0 aliphatic rings. The minimum absolute atomic E-state index is 0. The van der Waals surface area contributed by atoms with Gasteiger partial charge in [-0.3, -0.25) is 9.45 Å². The van der Waals surface area contributed by atoms with Gasteiger partial charge in [-0.1, -0.05) is 7.43 Å². The van der Waals surface area contributed by atoms with Crippen molar-refractivity contribution in [2.75, 3.05) is 5.73 Å². The zero-order valence-corrected chi connectivity index (χ0v) is 9.08. The maximum atomic E-state index is 10.2. The Hall–Kier alpha value is -2.30. The summed E-state index contributed by atoms with van der Waals surface area (Å²) in [6.07, 6.45) is 0.0417. The number of ketones is 1. The third-order valence-corrected chi connectivity index (χ3v) is 1.04. The Morgan fingerprint density at radius 1 is 1.83 bits per heavy atom. The Kier molecular flexibility index (Phi) is 14.9. The van der Waals surface area contributed by atoms with E-state index in [1.807, 2.05) is 0 Å². The fourth-order valence-corrected chi connectivity index (χ4v) is 0.472. The number of nitriles is 1. The molecule has 18 heavy (non-hydrogen) atoms. The van der Waals surface area contributed by atoms with Crippen molar-refractivity contribution in [2.24, 2.45) is 0 Å². The molecule has 96 valence electrons. The SMILES string of the molecule is C.CC(=O)CC#N.N=BO.[B]n1oc(=O)cc1N. The number of aromatic nitrogens is 1. The molecule has 0 fully saturated rings. The average molecular weight is 252 g/mol. The van der Waals surface area contributed by atoms with Crippen LogP contribution in [0.15, 0.2) is 15.4 Å². The summed E-state index contributed by atoms with van der Waals surface area (Å²) in [5.74, 6) is 0.0486. The van der Waals surface area contributed by atoms with Gasteiger partial charge in [-0.25, -0.2) is 4.79 Å². The molecule has 8 nitrogen and oxygen atoms in total. The first-order valence-corrected chi connectivity index (χ1v) is 4.12. The predicted molar refractivity (Wildman–Crippen MR) is 66.9 cm³/mol. The summed E-state index contributed by atoms with van der Waals surface area (Å²) in [6.45, 7) is 1.39. The second kappa shape index (κ2) is 12.8. The van der Waals surface area contributed by atoms with E-state index in [1.165, 1.54) is 6.92 Å². The third-order valence-electron chi connectivity index (χ3n) is 1.04. The van der Waals surface area contributed by atoms with Crippen LogP contribution >= 0.6 is 0 Å². The van der Waals surface area contributed by atoms with E-state index in [4.69, 9.17) is 29.3 Å². The van der Waals surface area contributed by atoms with Gasteiger partial charge in [-0.15, -0.1) is 0 Å². The Morgan fingerprint density at radius 2 is 2.28 bits per heavy atom. The smallest absolute Gasteiger partial charge is 0.357 e. The number of rotatable bonds is 1. The number of nitrogens with zero attached hydrogens (tertiary/aromatic N) is 2. The van der Waals surface area contributed by atoms with Crippen molar-refractivity contribution < 1.29 is 14.3 Å². The number of anilines is 1. The summed E-state index contributed by atoms with van der Waals surface area (Å²) in [5.41, 5.74) is 4.55. The van der Waals surface area contributed by atoms with Crippen molar-refractivity contribution in [3.63, 3.8) is 0 Å². The van der Waals surface area contributed by atoms with E-state index in [0.717, 1.165) is 6.07 Å². The molecule has 0 aliphatic heterocycles. The number of nitrogen functional groups attached to an aromatic ring is 1. The van der Waals surface area contributed by atoms with Crippen LogP contribution in [0.2, 0.25) is 0 Å². The number of hydrogen-bond acceptors (Lipinski definition) is 6. The van der Waals surface area contributed by atoms with Gasteiger partial charge in [0.15, 0.2) is 0 Å². The molecule has 1 aromatic heterocycles. The van der Waals surface area contributed by atoms with Gasteiger partial charge in [0.1, 0.15) is 11.6 Å². The van der Waals surface area contributed by atoms with Crippen LogP contribution < -0.4 is 11.4 Å². The monoisotopic (exact) mass is 252 g/mol. The molecular weight excluding hydrogens is 238 g/mol. The molecule has 0 amide bonds. The molecule has 0 atom stereocenters. The van der Waals surface area contributed by atoms with Crippen LogP contribution in [0.5, 0.6) is 0 Å². The van der Waals surface area contributed by atoms with E-state index in [0.29, 0.717) is 4.65 Å². The van der Waals surface area contributed by atoms with Crippen molar-refractivity contribution in [1.29, 1.82) is 10.6 Å². The molecule has 4 N–H and O–H groups in total. The zero-order valence-electron chi connectivity index (χ0n) is 9.08. The zero-order chi connectivity index (χ0) is 13.8. The summed E-state index contributed by atoms with van der Waals surface area (Å²) in [6, 6.07) is 2.81. The fourth-order valence-electron chi connectivity index (χ4n) is 0.472. The van der Waals surface area contributed by atoms with Crippen LogP contribution in [-0.4, -0.2) is 30.7 Å². The van der Waals surface area contributed by atoms with E-state index in [9.17, 15) is 9.59 Å². The first-order chi connectivity index (χ1) is 7.88. The molecule has 0 aliphatic carbocycles. The van der Waals surface area contributed by atoms with Gasteiger partial charge < -0.3 is 10.3 Å². The number of Topliss-reactive ketones (excluding diaryl/α,β-unsaturated/α-hetero) is 1. The van der Waals surface area contributed by atoms with Crippen LogP contribution in [0.4, 0.5) is 5.82 Å². The van der Waals surface area contributed by atoms with Crippen molar-refractivity contribution in [3.8, 4) is 6.07 Å². The number of carbonyl (C=O) groups is 1. The van der Waals surface area contributed by atoms with E-state index in [2.05, 4.69) is 4.52 Å². The predicted octanol–water partition coefficient (Wildman–Crippen LogP) is -0.559. The Labute approximate surface area is 106 Å². The second-order valence-corrected chi connectivity index (χ2v) is 2.47. The molecule has 2 radical (unpaired) electrons. The van der Waals surface area contributed by atoms with Gasteiger partial charge in [-0.05, 0) is 6.92 Å². The van der Waals surface area contributed by atoms with Crippen molar-refractivity contribution >= 4 is 26.9 Å². The molecule has 1 heterocycles. The van der Waals surface area contributed by atoms with Crippen LogP contribution in [0.25, 0.3) is 0 Å². The maximum Gasteiger partial charge on any atom is 0.357 e. The summed E-state index contributed by atoms with van der Waals surface area (Å²) in [4.78, 5) is 20.0. The molecule has 0 saturated heterocycles. The Balaban J connectivity index is -0.000000202. The van der Waals surface area contributed by atoms with E-state index >= 15 is 0 Å². The van der Waals surface area contributed by atoms with Crippen molar-refractivity contribution in [1.82, 2.24) is 4.65 Å². The van der Waals surface area contributed by atoms with E-state index < -0.39 is 5.63 Å². The van der Waals surface area contributed by atoms with Gasteiger partial charge >= 0.3 is 23.2 Å². The van der Waals surface area contributed by atoms with Crippen LogP contribution in [-0.2, 0) is 4.79 Å². The topological polar surface area (TPSA) is 146 Å². The normalized spacial score (nSPS) is 6.89. The van der Waals surface area contributed by atoms with Gasteiger partial charge in [0.05, 0.1) is 18.6 Å². The number of carbonyl (C=O) groups excluding carboxylic acids is 1.